The lowest BCUT2D eigenvalue weighted by molar-refractivity contribution is 0.0845. The van der Waals surface area contributed by atoms with Crippen LogP contribution in [0.5, 0.6) is 0 Å². The normalized spacial score (nSPS) is 16.6. The summed E-state index contributed by atoms with van der Waals surface area (Å²) >= 11 is 0. The lowest BCUT2D eigenvalue weighted by atomic mass is 9.97. The zero-order valence-corrected chi connectivity index (χ0v) is 10.6. The molecule has 0 saturated carbocycles. The van der Waals surface area contributed by atoms with E-state index in [4.69, 9.17) is 9.15 Å². The molecule has 3 heterocycles. The second-order valence-corrected chi connectivity index (χ2v) is 4.79. The molecule has 1 aliphatic rings. The van der Waals surface area contributed by atoms with Gasteiger partial charge in [0.05, 0.1) is 30.4 Å². The smallest absolute Gasteiger partial charge is 0.185 e. The van der Waals surface area contributed by atoms with E-state index < -0.39 is 0 Å². The van der Waals surface area contributed by atoms with Crippen molar-refractivity contribution in [2.24, 2.45) is 0 Å². The van der Waals surface area contributed by atoms with Crippen LogP contribution in [0.3, 0.4) is 0 Å². The first-order valence-corrected chi connectivity index (χ1v) is 6.48. The molecule has 0 unspecified atom stereocenters. The molecule has 0 radical (unpaired) electrons. The number of ketones is 1. The molecule has 0 N–H and O–H groups in total. The average molecular weight is 260 g/mol. The van der Waals surface area contributed by atoms with Gasteiger partial charge < -0.3 is 13.7 Å². The molecule has 0 bridgehead atoms. The van der Waals surface area contributed by atoms with Gasteiger partial charge >= 0.3 is 0 Å². The lowest BCUT2D eigenvalue weighted by Gasteiger charge is -2.19. The minimum atomic E-state index is 0.0321. The number of hydrogen-bond acceptors (Lipinski definition) is 4. The molecule has 0 aliphatic carbocycles. The lowest BCUT2D eigenvalue weighted by Crippen LogP contribution is -2.14. The first kappa shape index (κ1) is 12.2. The number of carbonyl (C=O) groups excluding carboxylic acids is 1. The van der Waals surface area contributed by atoms with Gasteiger partial charge in [-0.05, 0) is 18.9 Å². The molecule has 5 heteroatoms. The van der Waals surface area contributed by atoms with E-state index in [1.807, 2.05) is 10.8 Å². The van der Waals surface area contributed by atoms with Crippen LogP contribution in [-0.4, -0.2) is 28.5 Å². The van der Waals surface area contributed by atoms with E-state index in [1.165, 1.54) is 12.5 Å². The van der Waals surface area contributed by atoms with E-state index in [0.29, 0.717) is 18.0 Å². The molecule has 1 saturated heterocycles. The molecule has 0 amide bonds. The third-order valence-corrected chi connectivity index (χ3v) is 3.46. The van der Waals surface area contributed by atoms with Crippen molar-refractivity contribution in [3.63, 3.8) is 0 Å². The zero-order valence-electron chi connectivity index (χ0n) is 10.6. The van der Waals surface area contributed by atoms with Gasteiger partial charge in [0.1, 0.15) is 6.26 Å². The molecule has 0 aromatic carbocycles. The van der Waals surface area contributed by atoms with E-state index >= 15 is 0 Å². The first-order chi connectivity index (χ1) is 9.33. The number of ether oxygens (including phenoxy) is 1. The number of furan rings is 1. The number of hydrogen-bond donors (Lipinski definition) is 0. The Morgan fingerprint density at radius 3 is 3.00 bits per heavy atom. The maximum absolute atomic E-state index is 11.9. The van der Waals surface area contributed by atoms with Crippen LogP contribution in [0.1, 0.15) is 34.8 Å². The molecule has 0 spiro atoms. The quantitative estimate of drug-likeness (QED) is 0.791. The van der Waals surface area contributed by atoms with Crippen molar-refractivity contribution in [1.82, 2.24) is 9.55 Å². The minimum Gasteiger partial charge on any atom is -0.472 e. The van der Waals surface area contributed by atoms with Crippen molar-refractivity contribution in [3.8, 4) is 0 Å². The van der Waals surface area contributed by atoms with Crippen LogP contribution in [0.4, 0.5) is 0 Å². The first-order valence-electron chi connectivity index (χ1n) is 6.48. The Balaban J connectivity index is 1.66. The number of Topliss-reactive ketones (excluding diaryl/α,β-unsaturated/α-hetero) is 1. The molecule has 1 fully saturated rings. The highest BCUT2D eigenvalue weighted by molar-refractivity contribution is 5.95. The summed E-state index contributed by atoms with van der Waals surface area (Å²) in [6.45, 7) is 1.90. The molecule has 2 aromatic rings. The van der Waals surface area contributed by atoms with Gasteiger partial charge in [0.25, 0.3) is 0 Å². The summed E-state index contributed by atoms with van der Waals surface area (Å²) in [5.41, 5.74) is 1.66. The molecular weight excluding hydrogens is 244 g/mol. The predicted molar refractivity (Wildman–Crippen MR) is 68.1 cm³/mol. The van der Waals surface area contributed by atoms with Gasteiger partial charge in [-0.1, -0.05) is 0 Å². The molecule has 0 atom stereocenters. The summed E-state index contributed by atoms with van der Waals surface area (Å²) in [4.78, 5) is 16.3. The van der Waals surface area contributed by atoms with Crippen LogP contribution >= 0.6 is 0 Å². The Hall–Kier alpha value is -1.88. The van der Waals surface area contributed by atoms with Gasteiger partial charge in [-0.25, -0.2) is 4.98 Å². The van der Waals surface area contributed by atoms with Gasteiger partial charge in [0.15, 0.2) is 5.78 Å². The van der Waals surface area contributed by atoms with Gasteiger partial charge in [-0.2, -0.15) is 0 Å². The van der Waals surface area contributed by atoms with E-state index in [-0.39, 0.29) is 5.78 Å². The molecule has 2 aromatic heterocycles. The number of nitrogens with zero attached hydrogens (tertiary/aromatic N) is 2. The fraction of sp³-hybridized carbons (Fsp3) is 0.429. The number of aromatic nitrogens is 2. The Labute approximate surface area is 111 Å². The molecule has 100 valence electrons. The second-order valence-electron chi connectivity index (χ2n) is 4.79. The third kappa shape index (κ3) is 2.76. The number of imidazole rings is 1. The fourth-order valence-corrected chi connectivity index (χ4v) is 2.35. The van der Waals surface area contributed by atoms with Crippen LogP contribution in [0.2, 0.25) is 0 Å². The molecule has 3 rings (SSSR count). The van der Waals surface area contributed by atoms with E-state index in [9.17, 15) is 4.79 Å². The summed E-state index contributed by atoms with van der Waals surface area (Å²) in [6.07, 6.45) is 8.68. The van der Waals surface area contributed by atoms with Gasteiger partial charge in [-0.3, -0.25) is 4.79 Å². The Morgan fingerprint density at radius 1 is 1.42 bits per heavy atom. The van der Waals surface area contributed by atoms with E-state index in [2.05, 4.69) is 4.98 Å². The highest BCUT2D eigenvalue weighted by Crippen LogP contribution is 2.25. The molecular formula is C14H16N2O3. The molecule has 19 heavy (non-hydrogen) atoms. The third-order valence-electron chi connectivity index (χ3n) is 3.46. The van der Waals surface area contributed by atoms with Gasteiger partial charge in [0.2, 0.25) is 0 Å². The Morgan fingerprint density at radius 2 is 2.26 bits per heavy atom. The number of rotatable bonds is 4. The van der Waals surface area contributed by atoms with Crippen molar-refractivity contribution in [2.75, 3.05) is 13.2 Å². The average Bonchev–Trinajstić information content (AvgIpc) is 3.11. The van der Waals surface area contributed by atoms with Crippen molar-refractivity contribution >= 4 is 5.78 Å². The number of carbonyl (C=O) groups is 1. The highest BCUT2D eigenvalue weighted by atomic mass is 16.5. The topological polar surface area (TPSA) is 57.3 Å². The maximum atomic E-state index is 11.9. The van der Waals surface area contributed by atoms with Crippen LogP contribution in [0.25, 0.3) is 0 Å². The zero-order chi connectivity index (χ0) is 13.1. The van der Waals surface area contributed by atoms with Crippen molar-refractivity contribution in [1.29, 1.82) is 0 Å². The summed E-state index contributed by atoms with van der Waals surface area (Å²) in [6, 6.07) is 1.68. The SMILES string of the molecule is O=C(Cn1cnc(C2CCOCC2)c1)c1ccoc1. The van der Waals surface area contributed by atoms with Crippen molar-refractivity contribution in [2.45, 2.75) is 25.3 Å². The molecule has 5 nitrogen and oxygen atoms in total. The van der Waals surface area contributed by atoms with E-state index in [0.717, 1.165) is 31.7 Å². The standard InChI is InChI=1S/C14H16N2O3/c17-14(12-3-6-19-9-12)8-16-7-13(15-10-16)11-1-4-18-5-2-11/h3,6-7,9-11H,1-2,4-5,8H2. The van der Waals surface area contributed by atoms with Gasteiger partial charge in [0, 0.05) is 25.3 Å². The summed E-state index contributed by atoms with van der Waals surface area (Å²) in [7, 11) is 0. The van der Waals surface area contributed by atoms with Crippen molar-refractivity contribution in [3.05, 3.63) is 42.4 Å². The van der Waals surface area contributed by atoms with Crippen LogP contribution in [0, 0.1) is 0 Å². The van der Waals surface area contributed by atoms with E-state index in [1.54, 1.807) is 12.4 Å². The summed E-state index contributed by atoms with van der Waals surface area (Å²) in [5.74, 6) is 0.490. The monoisotopic (exact) mass is 260 g/mol. The Kier molecular flexibility index (Phi) is 3.46. The van der Waals surface area contributed by atoms with Crippen LogP contribution in [0.15, 0.2) is 35.5 Å². The largest absolute Gasteiger partial charge is 0.472 e. The van der Waals surface area contributed by atoms with Crippen molar-refractivity contribution < 1.29 is 13.9 Å². The minimum absolute atomic E-state index is 0.0321. The van der Waals surface area contributed by atoms with Gasteiger partial charge in [-0.15, -0.1) is 0 Å². The maximum Gasteiger partial charge on any atom is 0.185 e. The second kappa shape index (κ2) is 5.40. The summed E-state index contributed by atoms with van der Waals surface area (Å²) < 4.78 is 12.1. The predicted octanol–water partition coefficient (Wildman–Crippen LogP) is 2.25. The highest BCUT2D eigenvalue weighted by Gasteiger charge is 2.18. The fourth-order valence-electron chi connectivity index (χ4n) is 2.35. The Bertz CT molecular complexity index is 539. The summed E-state index contributed by atoms with van der Waals surface area (Å²) in [5, 5.41) is 0. The van der Waals surface area contributed by atoms with Crippen LogP contribution < -0.4 is 0 Å². The van der Waals surface area contributed by atoms with Crippen LogP contribution in [-0.2, 0) is 11.3 Å². The molecule has 1 aliphatic heterocycles.